The number of carboxylic acids is 1. The summed E-state index contributed by atoms with van der Waals surface area (Å²) in [5.74, 6) is -0.416. The summed E-state index contributed by atoms with van der Waals surface area (Å²) in [5, 5.41) is 9.12. The number of hydrogen-bond acceptors (Lipinski definition) is 5. The summed E-state index contributed by atoms with van der Waals surface area (Å²) >= 11 is 0. The van der Waals surface area contributed by atoms with Gasteiger partial charge in [0.1, 0.15) is 5.69 Å². The van der Waals surface area contributed by atoms with E-state index in [1.807, 2.05) is 0 Å². The fourth-order valence-electron chi connectivity index (χ4n) is 1.97. The van der Waals surface area contributed by atoms with Crippen molar-refractivity contribution in [2.24, 2.45) is 7.05 Å². The maximum Gasteiger partial charge on any atom is 0.372 e. The summed E-state index contributed by atoms with van der Waals surface area (Å²) in [6.45, 7) is 0. The number of aromatic carboxylic acids is 1. The highest BCUT2D eigenvalue weighted by atomic mass is 16.5. The Balaban J connectivity index is 2.69. The summed E-state index contributed by atoms with van der Waals surface area (Å²) in [5.41, 5.74) is -0.665. The molecular formula is C13H13NO6. The lowest BCUT2D eigenvalue weighted by atomic mass is 10.1. The normalized spacial score (nSPS) is 10.3. The van der Waals surface area contributed by atoms with Gasteiger partial charge in [-0.25, -0.2) is 14.3 Å². The highest BCUT2D eigenvalue weighted by Crippen LogP contribution is 2.33. The van der Waals surface area contributed by atoms with Crippen molar-refractivity contribution in [3.8, 4) is 22.8 Å². The smallest absolute Gasteiger partial charge is 0.372 e. The van der Waals surface area contributed by atoms with Crippen LogP contribution in [0.2, 0.25) is 0 Å². The second-order valence-electron chi connectivity index (χ2n) is 3.97. The third-order valence-electron chi connectivity index (χ3n) is 2.85. The van der Waals surface area contributed by atoms with Crippen LogP contribution in [-0.2, 0) is 7.05 Å². The Bertz CT molecular complexity index is 712. The van der Waals surface area contributed by atoms with Gasteiger partial charge in [0.05, 0.1) is 14.2 Å². The van der Waals surface area contributed by atoms with Crippen LogP contribution in [0.3, 0.4) is 0 Å². The van der Waals surface area contributed by atoms with Gasteiger partial charge in [0, 0.05) is 12.6 Å². The first-order valence-corrected chi connectivity index (χ1v) is 5.65. The molecule has 0 radical (unpaired) electrons. The minimum atomic E-state index is -1.34. The fraction of sp³-hybridized carbons (Fsp3) is 0.231. The van der Waals surface area contributed by atoms with E-state index in [9.17, 15) is 9.59 Å². The molecule has 1 N–H and O–H groups in total. The highest BCUT2D eigenvalue weighted by Gasteiger charge is 2.24. The Morgan fingerprint density at radius 2 is 1.90 bits per heavy atom. The van der Waals surface area contributed by atoms with Gasteiger partial charge in [-0.15, -0.1) is 0 Å². The lowest BCUT2D eigenvalue weighted by molar-refractivity contribution is 0.0695. The van der Waals surface area contributed by atoms with Crippen molar-refractivity contribution in [1.82, 2.24) is 4.74 Å². The van der Waals surface area contributed by atoms with Gasteiger partial charge in [-0.2, -0.15) is 0 Å². The number of carboxylic acid groups (broad SMARTS) is 1. The van der Waals surface area contributed by atoms with Gasteiger partial charge >= 0.3 is 11.6 Å². The van der Waals surface area contributed by atoms with E-state index in [1.165, 1.54) is 21.3 Å². The van der Waals surface area contributed by atoms with E-state index in [-0.39, 0.29) is 5.69 Å². The molecule has 106 valence electrons. The van der Waals surface area contributed by atoms with Crippen LogP contribution in [0, 0.1) is 0 Å². The van der Waals surface area contributed by atoms with Crippen molar-refractivity contribution >= 4 is 5.97 Å². The van der Waals surface area contributed by atoms with Gasteiger partial charge in [0.2, 0.25) is 0 Å². The summed E-state index contributed by atoms with van der Waals surface area (Å²) in [7, 11) is 4.42. The van der Waals surface area contributed by atoms with E-state index in [2.05, 4.69) is 0 Å². The zero-order valence-corrected chi connectivity index (χ0v) is 11.2. The van der Waals surface area contributed by atoms with Crippen molar-refractivity contribution in [3.63, 3.8) is 0 Å². The molecule has 0 aliphatic rings. The number of benzene rings is 1. The summed E-state index contributed by atoms with van der Waals surface area (Å²) in [6, 6.07) is 4.82. The number of ether oxygens (including phenoxy) is 2. The maximum atomic E-state index is 11.5. The van der Waals surface area contributed by atoms with Crippen molar-refractivity contribution in [1.29, 1.82) is 0 Å². The predicted octanol–water partition coefficient (Wildman–Crippen LogP) is 1.36. The van der Waals surface area contributed by atoms with Crippen LogP contribution >= 0.6 is 0 Å². The van der Waals surface area contributed by atoms with Gasteiger partial charge < -0.3 is 19.1 Å². The lowest BCUT2D eigenvalue weighted by Crippen LogP contribution is -2.09. The molecule has 1 aromatic carbocycles. The quantitative estimate of drug-likeness (QED) is 0.908. The lowest BCUT2D eigenvalue weighted by Gasteiger charge is -2.09. The molecule has 7 nitrogen and oxygen atoms in total. The molecule has 0 spiro atoms. The standard InChI is InChI=1S/C13H13NO6/c1-14-11(10(12(15)16)13(17)20-14)7-4-5-8(18-2)9(6-7)19-3/h4-6H,1-3H3,(H,15,16). The molecule has 0 aliphatic heterocycles. The average Bonchev–Trinajstić information content (AvgIpc) is 2.72. The number of aromatic nitrogens is 1. The van der Waals surface area contributed by atoms with Gasteiger partial charge in [-0.3, -0.25) is 0 Å². The van der Waals surface area contributed by atoms with Gasteiger partial charge in [0.15, 0.2) is 17.1 Å². The van der Waals surface area contributed by atoms with E-state index in [4.69, 9.17) is 19.1 Å². The Morgan fingerprint density at radius 3 is 2.45 bits per heavy atom. The van der Waals surface area contributed by atoms with E-state index < -0.39 is 17.2 Å². The van der Waals surface area contributed by atoms with Gasteiger partial charge in [0.25, 0.3) is 0 Å². The van der Waals surface area contributed by atoms with Crippen LogP contribution in [0.1, 0.15) is 10.4 Å². The second-order valence-corrected chi connectivity index (χ2v) is 3.97. The fourth-order valence-corrected chi connectivity index (χ4v) is 1.97. The highest BCUT2D eigenvalue weighted by molar-refractivity contribution is 5.94. The van der Waals surface area contributed by atoms with Crippen molar-refractivity contribution in [2.75, 3.05) is 14.2 Å². The first kappa shape index (κ1) is 13.7. The second kappa shape index (κ2) is 5.12. The number of nitrogens with zero attached hydrogens (tertiary/aromatic N) is 1. The summed E-state index contributed by atoms with van der Waals surface area (Å²) < 4.78 is 16.2. The molecule has 1 aromatic heterocycles. The number of aryl methyl sites for hydroxylation is 1. The SMILES string of the molecule is COc1ccc(-c2c(C(=O)O)c(=O)on2C)cc1OC. The monoisotopic (exact) mass is 279 g/mol. The predicted molar refractivity (Wildman–Crippen MR) is 69.4 cm³/mol. The van der Waals surface area contributed by atoms with Crippen LogP contribution in [0.25, 0.3) is 11.3 Å². The Morgan fingerprint density at radius 1 is 1.25 bits per heavy atom. The van der Waals surface area contributed by atoms with E-state index in [0.29, 0.717) is 17.1 Å². The van der Waals surface area contributed by atoms with Crippen molar-refractivity contribution in [2.45, 2.75) is 0 Å². The summed E-state index contributed by atoms with van der Waals surface area (Å²) in [4.78, 5) is 22.7. The van der Waals surface area contributed by atoms with Crippen LogP contribution in [0.15, 0.2) is 27.5 Å². The van der Waals surface area contributed by atoms with Crippen LogP contribution in [-0.4, -0.2) is 30.0 Å². The van der Waals surface area contributed by atoms with E-state index in [0.717, 1.165) is 4.74 Å². The molecule has 2 aromatic rings. The molecule has 0 amide bonds. The van der Waals surface area contributed by atoms with Gasteiger partial charge in [-0.05, 0) is 18.2 Å². The number of rotatable bonds is 4. The molecule has 1 heterocycles. The van der Waals surface area contributed by atoms with Crippen LogP contribution in [0.4, 0.5) is 0 Å². The molecule has 0 bridgehead atoms. The number of hydrogen-bond donors (Lipinski definition) is 1. The largest absolute Gasteiger partial charge is 0.493 e. The molecule has 0 saturated carbocycles. The average molecular weight is 279 g/mol. The Kier molecular flexibility index (Phi) is 3.51. The third-order valence-corrected chi connectivity index (χ3v) is 2.85. The minimum absolute atomic E-state index is 0.170. The Hall–Kier alpha value is -2.70. The zero-order valence-electron chi connectivity index (χ0n) is 11.2. The molecule has 0 atom stereocenters. The molecule has 2 rings (SSSR count). The maximum absolute atomic E-state index is 11.5. The number of carbonyl (C=O) groups is 1. The van der Waals surface area contributed by atoms with Gasteiger partial charge in [-0.1, -0.05) is 0 Å². The molecule has 7 heteroatoms. The first-order chi connectivity index (χ1) is 9.49. The minimum Gasteiger partial charge on any atom is -0.493 e. The summed E-state index contributed by atoms with van der Waals surface area (Å²) in [6.07, 6.45) is 0. The molecule has 0 aliphatic carbocycles. The van der Waals surface area contributed by atoms with Crippen LogP contribution < -0.4 is 15.1 Å². The molecule has 0 unspecified atom stereocenters. The molecule has 0 saturated heterocycles. The molecule has 0 fully saturated rings. The molecule has 20 heavy (non-hydrogen) atoms. The number of methoxy groups -OCH3 is 2. The first-order valence-electron chi connectivity index (χ1n) is 5.65. The van der Waals surface area contributed by atoms with Crippen molar-refractivity contribution < 1.29 is 23.9 Å². The molecular weight excluding hydrogens is 266 g/mol. The van der Waals surface area contributed by atoms with Crippen molar-refractivity contribution in [3.05, 3.63) is 34.2 Å². The van der Waals surface area contributed by atoms with Crippen LogP contribution in [0.5, 0.6) is 11.5 Å². The topological polar surface area (TPSA) is 90.9 Å². The zero-order chi connectivity index (χ0) is 14.9. The Labute approximate surface area is 113 Å². The van der Waals surface area contributed by atoms with E-state index >= 15 is 0 Å². The third kappa shape index (κ3) is 2.13. The van der Waals surface area contributed by atoms with E-state index in [1.54, 1.807) is 18.2 Å².